The van der Waals surface area contributed by atoms with Crippen LogP contribution in [0.2, 0.25) is 0 Å². The number of nitrogens with one attached hydrogen (secondary N) is 1. The Morgan fingerprint density at radius 1 is 0.957 bits per heavy atom. The Morgan fingerprint density at radius 2 is 1.57 bits per heavy atom. The lowest BCUT2D eigenvalue weighted by molar-refractivity contribution is 0.272. The van der Waals surface area contributed by atoms with Crippen LogP contribution in [0.25, 0.3) is 11.0 Å². The first-order chi connectivity index (χ1) is 11.2. The van der Waals surface area contributed by atoms with Crippen molar-refractivity contribution in [3.05, 3.63) is 59.7 Å². The number of aryl methyl sites for hydroxylation is 1. The summed E-state index contributed by atoms with van der Waals surface area (Å²) in [7, 11) is 0. The Hall–Kier alpha value is -2.53. The van der Waals surface area contributed by atoms with Crippen LogP contribution >= 0.6 is 0 Å². The number of aliphatic hydroxyl groups is 1. The number of imidazole rings is 1. The normalized spacial score (nSPS) is 11.0. The van der Waals surface area contributed by atoms with Gasteiger partial charge in [-0.2, -0.15) is 0 Å². The molecule has 0 amide bonds. The van der Waals surface area contributed by atoms with Crippen LogP contribution in [-0.4, -0.2) is 27.5 Å². The summed E-state index contributed by atoms with van der Waals surface area (Å²) in [4.78, 5) is 0. The van der Waals surface area contributed by atoms with Gasteiger partial charge in [-0.15, -0.1) is 0 Å². The molecule has 5 nitrogen and oxygen atoms in total. The standard InChI is InChI=1S/C18H21N3O2/c1-14-6-8-15(9-7-14)23-13-11-21-17-5-3-2-4-16(17)20(10-12-22)18(21)19/h2-9,19,22H,10-13H2,1H3. The van der Waals surface area contributed by atoms with Crippen molar-refractivity contribution in [3.63, 3.8) is 0 Å². The number of hydrogen-bond donors (Lipinski definition) is 2. The largest absolute Gasteiger partial charge is 0.492 e. The van der Waals surface area contributed by atoms with Crippen molar-refractivity contribution in [2.24, 2.45) is 0 Å². The molecule has 5 heteroatoms. The van der Waals surface area contributed by atoms with Crippen LogP contribution in [0, 0.1) is 12.3 Å². The van der Waals surface area contributed by atoms with Crippen molar-refractivity contribution in [2.75, 3.05) is 13.2 Å². The molecule has 0 radical (unpaired) electrons. The molecule has 3 aromatic rings. The zero-order chi connectivity index (χ0) is 16.2. The van der Waals surface area contributed by atoms with E-state index in [-0.39, 0.29) is 6.61 Å². The molecule has 120 valence electrons. The van der Waals surface area contributed by atoms with E-state index in [0.29, 0.717) is 25.3 Å². The zero-order valence-electron chi connectivity index (χ0n) is 13.2. The molecule has 23 heavy (non-hydrogen) atoms. The molecule has 1 heterocycles. The molecule has 2 aromatic carbocycles. The molecular weight excluding hydrogens is 290 g/mol. The molecule has 0 atom stereocenters. The predicted octanol–water partition coefficient (Wildman–Crippen LogP) is 2.30. The maximum absolute atomic E-state index is 9.22. The summed E-state index contributed by atoms with van der Waals surface area (Å²) < 4.78 is 9.51. The van der Waals surface area contributed by atoms with Crippen molar-refractivity contribution in [3.8, 4) is 5.75 Å². The Kier molecular flexibility index (Phi) is 4.48. The Labute approximate surface area is 134 Å². The highest BCUT2D eigenvalue weighted by Crippen LogP contribution is 2.14. The summed E-state index contributed by atoms with van der Waals surface area (Å²) in [6.45, 7) is 3.57. The Bertz CT molecular complexity index is 847. The van der Waals surface area contributed by atoms with Gasteiger partial charge in [-0.25, -0.2) is 0 Å². The molecule has 0 aliphatic rings. The number of benzene rings is 2. The van der Waals surface area contributed by atoms with Crippen LogP contribution in [0.4, 0.5) is 0 Å². The quantitative estimate of drug-likeness (QED) is 0.734. The van der Waals surface area contributed by atoms with E-state index >= 15 is 0 Å². The van der Waals surface area contributed by atoms with Gasteiger partial charge in [0.1, 0.15) is 12.4 Å². The number of aromatic nitrogens is 2. The molecule has 0 unspecified atom stereocenters. The predicted molar refractivity (Wildman–Crippen MR) is 89.5 cm³/mol. The van der Waals surface area contributed by atoms with E-state index < -0.39 is 0 Å². The second kappa shape index (κ2) is 6.71. The summed E-state index contributed by atoms with van der Waals surface area (Å²) in [6, 6.07) is 15.8. The van der Waals surface area contributed by atoms with Gasteiger partial charge in [-0.3, -0.25) is 5.41 Å². The van der Waals surface area contributed by atoms with Crippen LogP contribution in [0.1, 0.15) is 5.56 Å². The molecule has 0 spiro atoms. The minimum Gasteiger partial charge on any atom is -0.492 e. The molecule has 0 aliphatic heterocycles. The van der Waals surface area contributed by atoms with E-state index in [1.807, 2.05) is 64.6 Å². The highest BCUT2D eigenvalue weighted by atomic mass is 16.5. The van der Waals surface area contributed by atoms with E-state index in [9.17, 15) is 5.11 Å². The topological polar surface area (TPSA) is 63.2 Å². The third-order valence-electron chi connectivity index (χ3n) is 3.90. The number of nitrogens with zero attached hydrogens (tertiary/aromatic N) is 2. The fourth-order valence-corrected chi connectivity index (χ4v) is 2.74. The Morgan fingerprint density at radius 3 is 2.17 bits per heavy atom. The lowest BCUT2D eigenvalue weighted by Crippen LogP contribution is -2.27. The van der Waals surface area contributed by atoms with Gasteiger partial charge in [0.2, 0.25) is 5.62 Å². The first-order valence-electron chi connectivity index (χ1n) is 7.73. The maximum Gasteiger partial charge on any atom is 0.203 e. The van der Waals surface area contributed by atoms with Crippen LogP contribution in [0.3, 0.4) is 0 Å². The summed E-state index contributed by atoms with van der Waals surface area (Å²) in [6.07, 6.45) is 0. The minimum absolute atomic E-state index is 0.0183. The molecule has 0 aliphatic carbocycles. The highest BCUT2D eigenvalue weighted by molar-refractivity contribution is 5.75. The number of fused-ring (bicyclic) bond motifs is 1. The number of ether oxygens (including phenoxy) is 1. The van der Waals surface area contributed by atoms with Crippen LogP contribution in [0.15, 0.2) is 48.5 Å². The van der Waals surface area contributed by atoms with Crippen molar-refractivity contribution < 1.29 is 9.84 Å². The average Bonchev–Trinajstić information content (AvgIpc) is 2.83. The van der Waals surface area contributed by atoms with E-state index in [4.69, 9.17) is 10.1 Å². The second-order valence-electron chi connectivity index (χ2n) is 5.50. The highest BCUT2D eigenvalue weighted by Gasteiger charge is 2.09. The van der Waals surface area contributed by atoms with E-state index in [2.05, 4.69) is 0 Å². The molecule has 3 rings (SSSR count). The van der Waals surface area contributed by atoms with Crippen molar-refractivity contribution in [1.29, 1.82) is 5.41 Å². The van der Waals surface area contributed by atoms with Gasteiger partial charge in [-0.05, 0) is 31.2 Å². The SMILES string of the molecule is Cc1ccc(OCCn2c(=N)n(CCO)c3ccccc32)cc1. The zero-order valence-corrected chi connectivity index (χ0v) is 13.2. The van der Waals surface area contributed by atoms with Crippen molar-refractivity contribution in [2.45, 2.75) is 20.0 Å². The number of rotatable bonds is 6. The van der Waals surface area contributed by atoms with Gasteiger partial charge in [0.25, 0.3) is 0 Å². The van der Waals surface area contributed by atoms with Crippen molar-refractivity contribution >= 4 is 11.0 Å². The monoisotopic (exact) mass is 311 g/mol. The average molecular weight is 311 g/mol. The van der Waals surface area contributed by atoms with E-state index in [1.165, 1.54) is 5.56 Å². The molecular formula is C18H21N3O2. The fourth-order valence-electron chi connectivity index (χ4n) is 2.74. The first kappa shape index (κ1) is 15.4. The molecule has 0 bridgehead atoms. The summed E-state index contributed by atoms with van der Waals surface area (Å²) in [5.74, 6) is 0.835. The van der Waals surface area contributed by atoms with Gasteiger partial charge >= 0.3 is 0 Å². The third-order valence-corrected chi connectivity index (χ3v) is 3.90. The molecule has 0 saturated heterocycles. The van der Waals surface area contributed by atoms with Gasteiger partial charge in [-0.1, -0.05) is 29.8 Å². The van der Waals surface area contributed by atoms with Gasteiger partial charge in [0, 0.05) is 6.54 Å². The summed E-state index contributed by atoms with van der Waals surface area (Å²) in [5, 5.41) is 17.6. The summed E-state index contributed by atoms with van der Waals surface area (Å²) >= 11 is 0. The second-order valence-corrected chi connectivity index (χ2v) is 5.50. The van der Waals surface area contributed by atoms with Gasteiger partial charge in [0.15, 0.2) is 0 Å². The van der Waals surface area contributed by atoms with Crippen LogP contribution < -0.4 is 10.4 Å². The number of para-hydroxylation sites is 2. The molecule has 0 fully saturated rings. The summed E-state index contributed by atoms with van der Waals surface area (Å²) in [5.41, 5.74) is 3.53. The van der Waals surface area contributed by atoms with Crippen molar-refractivity contribution in [1.82, 2.24) is 9.13 Å². The lowest BCUT2D eigenvalue weighted by atomic mass is 10.2. The molecule has 1 aromatic heterocycles. The van der Waals surface area contributed by atoms with E-state index in [0.717, 1.165) is 16.8 Å². The maximum atomic E-state index is 9.22. The minimum atomic E-state index is 0.0183. The molecule has 0 saturated carbocycles. The fraction of sp³-hybridized carbons (Fsp3) is 0.278. The Balaban J connectivity index is 1.81. The van der Waals surface area contributed by atoms with Gasteiger partial charge in [0.05, 0.1) is 24.2 Å². The smallest absolute Gasteiger partial charge is 0.203 e. The third kappa shape index (κ3) is 3.14. The van der Waals surface area contributed by atoms with Gasteiger partial charge < -0.3 is 19.0 Å². The number of aliphatic hydroxyl groups excluding tert-OH is 1. The first-order valence-corrected chi connectivity index (χ1v) is 7.73. The van der Waals surface area contributed by atoms with Crippen LogP contribution in [-0.2, 0) is 13.1 Å². The lowest BCUT2D eigenvalue weighted by Gasteiger charge is -2.08. The number of hydrogen-bond acceptors (Lipinski definition) is 3. The van der Waals surface area contributed by atoms with Crippen LogP contribution in [0.5, 0.6) is 5.75 Å². The molecule has 2 N–H and O–H groups in total. The van der Waals surface area contributed by atoms with E-state index in [1.54, 1.807) is 0 Å².